The van der Waals surface area contributed by atoms with Crippen LogP contribution in [0.1, 0.15) is 0 Å². The minimum atomic E-state index is -3.67. The van der Waals surface area contributed by atoms with Crippen LogP contribution in [0.3, 0.4) is 0 Å². The maximum Gasteiger partial charge on any atom is 0.379 e. The van der Waals surface area contributed by atoms with Crippen molar-refractivity contribution in [3.63, 3.8) is 0 Å². The first-order valence-corrected chi connectivity index (χ1v) is 10.3. The molecule has 0 bridgehead atoms. The number of rotatable bonds is 6. The van der Waals surface area contributed by atoms with E-state index in [1.54, 1.807) is 0 Å². The van der Waals surface area contributed by atoms with E-state index in [0.29, 0.717) is 0 Å². The van der Waals surface area contributed by atoms with E-state index in [9.17, 15) is 13.2 Å². The molecule has 0 spiro atoms. The first kappa shape index (κ1) is 20.6. The number of halogens is 3. The van der Waals surface area contributed by atoms with Crippen molar-refractivity contribution in [1.82, 2.24) is 0 Å². The van der Waals surface area contributed by atoms with Crippen LogP contribution in [0.4, 0.5) is 13.2 Å². The van der Waals surface area contributed by atoms with Gasteiger partial charge in [0.15, 0.2) is 0 Å². The van der Waals surface area contributed by atoms with E-state index >= 15 is 0 Å². The topological polar surface area (TPSA) is 27.7 Å². The summed E-state index contributed by atoms with van der Waals surface area (Å²) in [6, 6.07) is 28.8. The van der Waals surface area contributed by atoms with Crippen LogP contribution >= 0.6 is 7.94 Å². The summed E-state index contributed by atoms with van der Waals surface area (Å²) in [5.41, 5.74) is 0. The van der Waals surface area contributed by atoms with Gasteiger partial charge in [-0.15, -0.1) is 0 Å². The summed E-state index contributed by atoms with van der Waals surface area (Å²) < 4.78 is 47.3. The fraction of sp³-hybridized carbons (Fsp3) is 0.100. The van der Waals surface area contributed by atoms with Gasteiger partial charge in [-0.05, 0) is 0 Å². The molecule has 0 aliphatic heterocycles. The average molecular weight is 396 g/mol. The molecule has 3 aromatic rings. The zero-order valence-electron chi connectivity index (χ0n) is 14.6. The molecule has 3 rings (SSSR count). The van der Waals surface area contributed by atoms with Crippen LogP contribution in [0.5, 0.6) is 17.2 Å². The Morgan fingerprint density at radius 1 is 0.556 bits per heavy atom. The zero-order valence-corrected chi connectivity index (χ0v) is 15.6. The molecule has 0 saturated heterocycles. The SMILES string of the molecule is C[PH](Oc1ccccc1)(Oc1ccccc1)Oc1ccccc1.FC(F)F. The Balaban J connectivity index is 0.000000596. The van der Waals surface area contributed by atoms with Gasteiger partial charge in [0, 0.05) is 0 Å². The number of hydrogen-bond donors (Lipinski definition) is 0. The monoisotopic (exact) mass is 396 g/mol. The Morgan fingerprint density at radius 3 is 1.00 bits per heavy atom. The van der Waals surface area contributed by atoms with Gasteiger partial charge in [0.1, 0.15) is 0 Å². The third-order valence-corrected chi connectivity index (χ3v) is 4.96. The molecule has 0 aliphatic rings. The average Bonchev–Trinajstić information content (AvgIpc) is 2.63. The molecule has 0 fully saturated rings. The summed E-state index contributed by atoms with van der Waals surface area (Å²) in [5, 5.41) is 0. The predicted octanol–water partition coefficient (Wildman–Crippen LogP) is 6.53. The first-order chi connectivity index (χ1) is 13.0. The van der Waals surface area contributed by atoms with Crippen molar-refractivity contribution >= 4 is 7.94 Å². The van der Waals surface area contributed by atoms with E-state index in [4.69, 9.17) is 13.6 Å². The maximum atomic E-state index is 9.67. The van der Waals surface area contributed by atoms with Crippen molar-refractivity contribution in [2.75, 3.05) is 6.66 Å². The molecule has 0 unspecified atom stereocenters. The van der Waals surface area contributed by atoms with Crippen molar-refractivity contribution in [3.8, 4) is 17.2 Å². The van der Waals surface area contributed by atoms with E-state index in [1.807, 2.05) is 97.7 Å². The molecular formula is C20H20F3O3P. The predicted molar refractivity (Wildman–Crippen MR) is 103 cm³/mol. The molecule has 0 aromatic heterocycles. The van der Waals surface area contributed by atoms with Crippen molar-refractivity contribution in [2.45, 2.75) is 6.68 Å². The van der Waals surface area contributed by atoms with Crippen LogP contribution < -0.4 is 13.6 Å². The summed E-state index contributed by atoms with van der Waals surface area (Å²) in [4.78, 5) is 0. The number of hydrogen-bond acceptors (Lipinski definition) is 3. The van der Waals surface area contributed by atoms with Gasteiger partial charge in [0.25, 0.3) is 0 Å². The van der Waals surface area contributed by atoms with Crippen LogP contribution in [0.25, 0.3) is 0 Å². The summed E-state index contributed by atoms with van der Waals surface area (Å²) in [6.45, 7) is -1.78. The quantitative estimate of drug-likeness (QED) is 0.444. The van der Waals surface area contributed by atoms with Gasteiger partial charge in [-0.3, -0.25) is 0 Å². The molecule has 0 amide bonds. The van der Waals surface area contributed by atoms with E-state index in [0.717, 1.165) is 17.2 Å². The van der Waals surface area contributed by atoms with E-state index in [-0.39, 0.29) is 0 Å². The van der Waals surface area contributed by atoms with Crippen LogP contribution in [-0.4, -0.2) is 13.3 Å². The molecule has 0 heterocycles. The fourth-order valence-corrected chi connectivity index (χ4v) is 3.99. The van der Waals surface area contributed by atoms with E-state index in [1.165, 1.54) is 0 Å². The number of benzene rings is 3. The third-order valence-electron chi connectivity index (χ3n) is 3.14. The summed E-state index contributed by atoms with van der Waals surface area (Å²) in [6.07, 6.45) is 0. The molecule has 3 nitrogen and oxygen atoms in total. The van der Waals surface area contributed by atoms with Gasteiger partial charge in [-0.2, -0.15) is 13.2 Å². The normalized spacial score (nSPS) is 11.1. The maximum absolute atomic E-state index is 9.67. The fourth-order valence-electron chi connectivity index (χ4n) is 2.17. The number of para-hydroxylation sites is 3. The molecule has 27 heavy (non-hydrogen) atoms. The van der Waals surface area contributed by atoms with Crippen molar-refractivity contribution < 1.29 is 26.7 Å². The Labute approximate surface area is 156 Å². The van der Waals surface area contributed by atoms with Gasteiger partial charge in [-0.1, -0.05) is 0 Å². The smallest absolute Gasteiger partial charge is 0.174 e. The second kappa shape index (κ2) is 10.4. The molecule has 0 N–H and O–H groups in total. The van der Waals surface area contributed by atoms with Crippen LogP contribution in [0, 0.1) is 0 Å². The molecule has 144 valence electrons. The van der Waals surface area contributed by atoms with Gasteiger partial charge in [0.05, 0.1) is 0 Å². The van der Waals surface area contributed by atoms with E-state index < -0.39 is 14.6 Å². The summed E-state index contributed by atoms with van der Waals surface area (Å²) >= 11 is 0. The van der Waals surface area contributed by atoms with Crippen LogP contribution in [0.15, 0.2) is 91.0 Å². The molecule has 3 aromatic carbocycles. The minimum absolute atomic E-state index is 0.730. The molecule has 7 heteroatoms. The van der Waals surface area contributed by atoms with Crippen molar-refractivity contribution in [2.24, 2.45) is 0 Å². The van der Waals surface area contributed by atoms with Gasteiger partial charge in [-0.25, -0.2) is 0 Å². The number of alkyl halides is 3. The minimum Gasteiger partial charge on any atom is -0.174 e. The second-order valence-corrected chi connectivity index (χ2v) is 7.69. The van der Waals surface area contributed by atoms with Gasteiger partial charge < -0.3 is 0 Å². The first-order valence-electron chi connectivity index (χ1n) is 8.11. The van der Waals surface area contributed by atoms with Crippen molar-refractivity contribution in [3.05, 3.63) is 91.0 Å². The van der Waals surface area contributed by atoms with Gasteiger partial charge in [0.2, 0.25) is 0 Å². The Hall–Kier alpha value is -2.72. The molecule has 0 saturated carbocycles. The largest absolute Gasteiger partial charge is 0.379 e. The Morgan fingerprint density at radius 2 is 0.778 bits per heavy atom. The third kappa shape index (κ3) is 8.01. The molecule has 0 aliphatic carbocycles. The van der Waals surface area contributed by atoms with Gasteiger partial charge >= 0.3 is 143 Å². The second-order valence-electron chi connectivity index (χ2n) is 5.36. The summed E-state index contributed by atoms with van der Waals surface area (Å²) in [5.74, 6) is 2.19. The van der Waals surface area contributed by atoms with Crippen molar-refractivity contribution in [1.29, 1.82) is 0 Å². The summed E-state index contributed by atoms with van der Waals surface area (Å²) in [7, 11) is -2.97. The molecule has 0 atom stereocenters. The molecule has 0 radical (unpaired) electrons. The molecular weight excluding hydrogens is 376 g/mol. The standard InChI is InChI=1S/C19H19O3P.CHF3/c1-23(20-17-11-5-2-6-12-17,21-18-13-7-3-8-14-18)22-19-15-9-4-10-16-19;2-1(3)4/h2-16,23H,1H3;1H. The van der Waals surface area contributed by atoms with Crippen LogP contribution in [0.2, 0.25) is 0 Å². The zero-order chi connectivity index (χ0) is 19.5. The Bertz CT molecular complexity index is 670. The Kier molecular flexibility index (Phi) is 7.96. The van der Waals surface area contributed by atoms with Crippen LogP contribution in [-0.2, 0) is 0 Å². The van der Waals surface area contributed by atoms with E-state index in [2.05, 4.69) is 0 Å².